The molecule has 3 aromatic rings. The molecule has 1 N–H and O–H groups in total. The maximum absolute atomic E-state index is 12.4. The Morgan fingerprint density at radius 3 is 2.30 bits per heavy atom. The number of nitrogens with one attached hydrogen (secondary N) is 1. The number of amides is 1. The van der Waals surface area contributed by atoms with Crippen molar-refractivity contribution in [2.24, 2.45) is 5.10 Å². The van der Waals surface area contributed by atoms with Crippen LogP contribution in [0.1, 0.15) is 22.8 Å². The topological polar surface area (TPSA) is 50.7 Å². The average molecular weight is 379 g/mol. The van der Waals surface area contributed by atoms with Crippen LogP contribution in [0.5, 0.6) is 5.75 Å². The molecule has 0 heterocycles. The molecular formula is C22H19ClN2O2. The van der Waals surface area contributed by atoms with E-state index in [1.54, 1.807) is 18.2 Å². The molecular weight excluding hydrogens is 360 g/mol. The minimum absolute atomic E-state index is 0.334. The lowest BCUT2D eigenvalue weighted by molar-refractivity contribution is 0.0952. The van der Waals surface area contributed by atoms with Crippen LogP contribution in [0, 0.1) is 0 Å². The Hall–Kier alpha value is -3.11. The zero-order valence-corrected chi connectivity index (χ0v) is 15.8. The highest BCUT2D eigenvalue weighted by Crippen LogP contribution is 2.22. The fraction of sp³-hybridized carbons (Fsp3) is 0.0909. The second-order valence-electron chi connectivity index (χ2n) is 5.93. The molecule has 0 radical (unpaired) electrons. The van der Waals surface area contributed by atoms with Crippen molar-refractivity contribution in [3.63, 3.8) is 0 Å². The van der Waals surface area contributed by atoms with Gasteiger partial charge in [0.05, 0.1) is 18.4 Å². The van der Waals surface area contributed by atoms with Crippen molar-refractivity contribution in [3.8, 4) is 16.9 Å². The number of carbonyl (C=O) groups excluding carboxylic acids is 1. The quantitative estimate of drug-likeness (QED) is 0.492. The third kappa shape index (κ3) is 4.54. The first kappa shape index (κ1) is 18.7. The van der Waals surface area contributed by atoms with E-state index in [9.17, 15) is 4.79 Å². The van der Waals surface area contributed by atoms with E-state index in [4.69, 9.17) is 16.3 Å². The Balaban J connectivity index is 1.74. The van der Waals surface area contributed by atoms with Gasteiger partial charge in [0.25, 0.3) is 5.91 Å². The van der Waals surface area contributed by atoms with E-state index in [2.05, 4.69) is 22.7 Å². The van der Waals surface area contributed by atoms with E-state index < -0.39 is 0 Å². The van der Waals surface area contributed by atoms with Crippen LogP contribution < -0.4 is 10.2 Å². The van der Waals surface area contributed by atoms with Crippen LogP contribution in [0.25, 0.3) is 11.1 Å². The Morgan fingerprint density at radius 2 is 1.63 bits per heavy atom. The van der Waals surface area contributed by atoms with Gasteiger partial charge in [0.1, 0.15) is 5.75 Å². The Labute approximate surface area is 163 Å². The lowest BCUT2D eigenvalue weighted by atomic mass is 10.0. The molecule has 0 unspecified atom stereocenters. The number of hydrogen-bond acceptors (Lipinski definition) is 3. The summed E-state index contributed by atoms with van der Waals surface area (Å²) < 4.78 is 5.20. The van der Waals surface area contributed by atoms with Gasteiger partial charge in [0, 0.05) is 5.02 Å². The van der Waals surface area contributed by atoms with Gasteiger partial charge in [-0.3, -0.25) is 4.79 Å². The second kappa shape index (κ2) is 8.52. The van der Waals surface area contributed by atoms with Gasteiger partial charge in [-0.15, -0.1) is 0 Å². The van der Waals surface area contributed by atoms with Gasteiger partial charge in [-0.2, -0.15) is 5.10 Å². The van der Waals surface area contributed by atoms with Crippen molar-refractivity contribution < 1.29 is 9.53 Å². The predicted molar refractivity (Wildman–Crippen MR) is 110 cm³/mol. The highest BCUT2D eigenvalue weighted by Gasteiger charge is 2.12. The molecule has 0 aliphatic rings. The highest BCUT2D eigenvalue weighted by molar-refractivity contribution is 6.31. The summed E-state index contributed by atoms with van der Waals surface area (Å²) in [7, 11) is 1.50. The van der Waals surface area contributed by atoms with Crippen LogP contribution in [0.15, 0.2) is 77.9 Å². The van der Waals surface area contributed by atoms with Crippen molar-refractivity contribution >= 4 is 23.2 Å². The number of ether oxygens (including phenoxy) is 1. The molecule has 1 amide bonds. The summed E-state index contributed by atoms with van der Waals surface area (Å²) in [6.45, 7) is 1.84. The first-order valence-electron chi connectivity index (χ1n) is 8.42. The molecule has 0 aliphatic carbocycles. The third-order valence-electron chi connectivity index (χ3n) is 4.14. The molecule has 0 atom stereocenters. The van der Waals surface area contributed by atoms with Gasteiger partial charge < -0.3 is 4.74 Å². The number of methoxy groups -OCH3 is 1. The van der Waals surface area contributed by atoms with E-state index in [1.165, 1.54) is 7.11 Å². The SMILES string of the molecule is COc1ccc(Cl)cc1C(=O)NN=C(C)c1ccc(-c2ccccc2)cc1. The van der Waals surface area contributed by atoms with Crippen LogP contribution >= 0.6 is 11.6 Å². The zero-order chi connectivity index (χ0) is 19.2. The van der Waals surface area contributed by atoms with Gasteiger partial charge in [-0.05, 0) is 41.8 Å². The second-order valence-corrected chi connectivity index (χ2v) is 6.36. The average Bonchev–Trinajstić information content (AvgIpc) is 2.72. The smallest absolute Gasteiger partial charge is 0.275 e. The summed E-state index contributed by atoms with van der Waals surface area (Å²) in [6.07, 6.45) is 0. The summed E-state index contributed by atoms with van der Waals surface area (Å²) in [5, 5.41) is 4.65. The number of halogens is 1. The molecule has 3 rings (SSSR count). The molecule has 4 nitrogen and oxygen atoms in total. The highest BCUT2D eigenvalue weighted by atomic mass is 35.5. The summed E-state index contributed by atoms with van der Waals surface area (Å²) in [5.74, 6) is 0.0616. The first-order valence-corrected chi connectivity index (χ1v) is 8.80. The fourth-order valence-electron chi connectivity index (χ4n) is 2.65. The molecule has 0 fully saturated rings. The Kier molecular flexibility index (Phi) is 5.89. The molecule has 3 aromatic carbocycles. The van der Waals surface area contributed by atoms with Gasteiger partial charge in [0.2, 0.25) is 0 Å². The Morgan fingerprint density at radius 1 is 0.963 bits per heavy atom. The lowest BCUT2D eigenvalue weighted by Gasteiger charge is -2.08. The number of nitrogens with zero attached hydrogens (tertiary/aromatic N) is 1. The number of carbonyl (C=O) groups is 1. The van der Waals surface area contributed by atoms with Crippen molar-refractivity contribution in [1.82, 2.24) is 5.43 Å². The number of rotatable bonds is 5. The third-order valence-corrected chi connectivity index (χ3v) is 4.38. The number of hydrazone groups is 1. The molecule has 0 bridgehead atoms. The summed E-state index contributed by atoms with van der Waals surface area (Å²) in [6, 6.07) is 23.0. The Bertz CT molecular complexity index is 967. The van der Waals surface area contributed by atoms with Crippen molar-refractivity contribution in [2.75, 3.05) is 7.11 Å². The largest absolute Gasteiger partial charge is 0.496 e. The van der Waals surface area contributed by atoms with E-state index in [-0.39, 0.29) is 5.91 Å². The monoisotopic (exact) mass is 378 g/mol. The first-order chi connectivity index (χ1) is 13.1. The van der Waals surface area contributed by atoms with E-state index in [0.717, 1.165) is 16.7 Å². The van der Waals surface area contributed by atoms with Crippen LogP contribution in [-0.2, 0) is 0 Å². The minimum atomic E-state index is -0.380. The lowest BCUT2D eigenvalue weighted by Crippen LogP contribution is -2.20. The molecule has 27 heavy (non-hydrogen) atoms. The zero-order valence-electron chi connectivity index (χ0n) is 15.1. The van der Waals surface area contributed by atoms with Crippen LogP contribution in [0.2, 0.25) is 5.02 Å². The summed E-state index contributed by atoms with van der Waals surface area (Å²) in [4.78, 5) is 12.4. The minimum Gasteiger partial charge on any atom is -0.496 e. The van der Waals surface area contributed by atoms with Crippen LogP contribution in [0.3, 0.4) is 0 Å². The molecule has 0 aromatic heterocycles. The van der Waals surface area contributed by atoms with E-state index >= 15 is 0 Å². The molecule has 0 saturated carbocycles. The van der Waals surface area contributed by atoms with Crippen LogP contribution in [-0.4, -0.2) is 18.7 Å². The van der Waals surface area contributed by atoms with Gasteiger partial charge in [-0.25, -0.2) is 5.43 Å². The maximum Gasteiger partial charge on any atom is 0.275 e. The number of hydrogen-bond donors (Lipinski definition) is 1. The van der Waals surface area contributed by atoms with E-state index in [1.807, 2.05) is 49.4 Å². The van der Waals surface area contributed by atoms with Crippen LogP contribution in [0.4, 0.5) is 0 Å². The number of benzene rings is 3. The maximum atomic E-state index is 12.4. The standard InChI is InChI=1S/C22H19ClN2O2/c1-15(16-8-10-18(11-9-16)17-6-4-3-5-7-17)24-25-22(26)20-14-19(23)12-13-21(20)27-2/h3-14H,1-2H3,(H,25,26). The summed E-state index contributed by atoms with van der Waals surface area (Å²) in [5.41, 5.74) is 6.79. The van der Waals surface area contributed by atoms with Crippen molar-refractivity contribution in [1.29, 1.82) is 0 Å². The van der Waals surface area contributed by atoms with Gasteiger partial charge in [0.15, 0.2) is 0 Å². The molecule has 0 aliphatic heterocycles. The normalized spacial score (nSPS) is 11.1. The van der Waals surface area contributed by atoms with Gasteiger partial charge >= 0.3 is 0 Å². The predicted octanol–water partition coefficient (Wildman–Crippen LogP) is 5.17. The molecule has 136 valence electrons. The molecule has 5 heteroatoms. The van der Waals surface area contributed by atoms with Crippen molar-refractivity contribution in [2.45, 2.75) is 6.92 Å². The molecule has 0 spiro atoms. The van der Waals surface area contributed by atoms with Crippen molar-refractivity contribution in [3.05, 3.63) is 88.9 Å². The summed E-state index contributed by atoms with van der Waals surface area (Å²) >= 11 is 5.97. The fourth-order valence-corrected chi connectivity index (χ4v) is 2.82. The van der Waals surface area contributed by atoms with E-state index in [0.29, 0.717) is 22.0 Å². The molecule has 0 saturated heterocycles. The van der Waals surface area contributed by atoms with Gasteiger partial charge in [-0.1, -0.05) is 66.2 Å².